The third kappa shape index (κ3) is 0.901. The largest absolute Gasteiger partial charge is 0.0993 e. The molecule has 3 saturated carbocycles. The van der Waals surface area contributed by atoms with Gasteiger partial charge >= 0.3 is 0 Å². The van der Waals surface area contributed by atoms with Gasteiger partial charge in [-0.3, -0.25) is 0 Å². The van der Waals surface area contributed by atoms with E-state index in [1.807, 2.05) is 0 Å². The predicted molar refractivity (Wildman–Crippen MR) is 50.9 cm³/mol. The molecule has 0 bridgehead atoms. The van der Waals surface area contributed by atoms with Gasteiger partial charge in [0.2, 0.25) is 0 Å². The molecule has 0 saturated heterocycles. The van der Waals surface area contributed by atoms with Crippen molar-refractivity contribution in [2.24, 2.45) is 10.8 Å². The summed E-state index contributed by atoms with van der Waals surface area (Å²) >= 11 is 0. The van der Waals surface area contributed by atoms with Crippen LogP contribution in [0.15, 0.2) is 12.2 Å². The Bertz CT molecular complexity index is 228. The van der Waals surface area contributed by atoms with Gasteiger partial charge in [-0.1, -0.05) is 12.2 Å². The summed E-state index contributed by atoms with van der Waals surface area (Å²) < 4.78 is 0. The maximum absolute atomic E-state index is 4.28. The number of allylic oxidation sites excluding steroid dienone is 1. The van der Waals surface area contributed by atoms with E-state index < -0.39 is 0 Å². The van der Waals surface area contributed by atoms with Gasteiger partial charge in [-0.2, -0.15) is 0 Å². The minimum absolute atomic E-state index is 0.674. The van der Waals surface area contributed by atoms with E-state index in [1.165, 1.54) is 51.4 Å². The average molecular weight is 162 g/mol. The second-order valence-electron chi connectivity index (χ2n) is 5.41. The lowest BCUT2D eigenvalue weighted by Gasteiger charge is -2.19. The molecule has 3 rings (SSSR count). The number of hydrogen-bond acceptors (Lipinski definition) is 0. The van der Waals surface area contributed by atoms with Crippen LogP contribution in [0.5, 0.6) is 0 Å². The molecule has 3 fully saturated rings. The van der Waals surface area contributed by atoms with Gasteiger partial charge in [-0.15, -0.1) is 0 Å². The smallest absolute Gasteiger partial charge is 0.00849 e. The molecule has 0 nitrogen and oxygen atoms in total. The molecule has 3 aliphatic rings. The monoisotopic (exact) mass is 162 g/mol. The Labute approximate surface area is 75.0 Å². The normalized spacial score (nSPS) is 35.2. The van der Waals surface area contributed by atoms with E-state index in [0.29, 0.717) is 5.41 Å². The van der Waals surface area contributed by atoms with Crippen molar-refractivity contribution in [2.45, 2.75) is 51.4 Å². The molecular formula is C12H18. The summed E-state index contributed by atoms with van der Waals surface area (Å²) in [5.74, 6) is 0. The van der Waals surface area contributed by atoms with Crippen LogP contribution in [0.2, 0.25) is 0 Å². The molecule has 0 heterocycles. The zero-order valence-electron chi connectivity index (χ0n) is 7.86. The zero-order valence-corrected chi connectivity index (χ0v) is 7.86. The van der Waals surface area contributed by atoms with E-state index in [4.69, 9.17) is 0 Å². The van der Waals surface area contributed by atoms with E-state index in [9.17, 15) is 0 Å². The van der Waals surface area contributed by atoms with Crippen LogP contribution in [-0.4, -0.2) is 0 Å². The minimum atomic E-state index is 0.674. The van der Waals surface area contributed by atoms with Crippen LogP contribution in [0.3, 0.4) is 0 Å². The molecule has 12 heavy (non-hydrogen) atoms. The summed E-state index contributed by atoms with van der Waals surface area (Å²) in [7, 11) is 0. The first-order valence-electron chi connectivity index (χ1n) is 5.43. The van der Waals surface area contributed by atoms with Gasteiger partial charge < -0.3 is 0 Å². The van der Waals surface area contributed by atoms with Crippen molar-refractivity contribution in [2.75, 3.05) is 0 Å². The second-order valence-corrected chi connectivity index (χ2v) is 5.41. The first-order chi connectivity index (χ1) is 5.75. The Morgan fingerprint density at radius 2 is 1.75 bits per heavy atom. The highest BCUT2D eigenvalue weighted by molar-refractivity contribution is 5.23. The third-order valence-corrected chi connectivity index (χ3v) is 4.46. The SMILES string of the molecule is C=C1CCCC2(CC2)CC12CC2. The summed E-state index contributed by atoms with van der Waals surface area (Å²) in [4.78, 5) is 0. The molecule has 2 spiro atoms. The van der Waals surface area contributed by atoms with Gasteiger partial charge in [0.15, 0.2) is 0 Å². The fraction of sp³-hybridized carbons (Fsp3) is 0.833. The van der Waals surface area contributed by atoms with Gasteiger partial charge in [0, 0.05) is 0 Å². The maximum Gasteiger partial charge on any atom is -0.00849 e. The van der Waals surface area contributed by atoms with Crippen molar-refractivity contribution in [3.8, 4) is 0 Å². The Hall–Kier alpha value is -0.260. The molecule has 0 radical (unpaired) electrons. The summed E-state index contributed by atoms with van der Waals surface area (Å²) in [6.45, 7) is 4.28. The molecule has 0 atom stereocenters. The molecule has 0 heteroatoms. The van der Waals surface area contributed by atoms with E-state index in [-0.39, 0.29) is 0 Å². The average Bonchev–Trinajstić information content (AvgIpc) is 2.90. The van der Waals surface area contributed by atoms with Crippen LogP contribution in [-0.2, 0) is 0 Å². The predicted octanol–water partition coefficient (Wildman–Crippen LogP) is 3.68. The van der Waals surface area contributed by atoms with Gasteiger partial charge in [0.1, 0.15) is 0 Å². The Kier molecular flexibility index (Phi) is 1.18. The molecular weight excluding hydrogens is 144 g/mol. The highest BCUT2D eigenvalue weighted by atomic mass is 14.6. The third-order valence-electron chi connectivity index (χ3n) is 4.46. The second kappa shape index (κ2) is 1.97. The van der Waals surface area contributed by atoms with E-state index in [1.54, 1.807) is 5.57 Å². The van der Waals surface area contributed by atoms with Crippen molar-refractivity contribution in [1.29, 1.82) is 0 Å². The van der Waals surface area contributed by atoms with E-state index in [0.717, 1.165) is 5.41 Å². The van der Waals surface area contributed by atoms with Crippen LogP contribution in [0.1, 0.15) is 51.4 Å². The van der Waals surface area contributed by atoms with Crippen LogP contribution < -0.4 is 0 Å². The van der Waals surface area contributed by atoms with E-state index in [2.05, 4.69) is 6.58 Å². The Balaban J connectivity index is 1.87. The zero-order chi connectivity index (χ0) is 8.23. The highest BCUT2D eigenvalue weighted by Gasteiger charge is 2.55. The summed E-state index contributed by atoms with van der Waals surface area (Å²) in [6.07, 6.45) is 11.8. The lowest BCUT2D eigenvalue weighted by molar-refractivity contribution is 0.371. The summed E-state index contributed by atoms with van der Waals surface area (Å²) in [5.41, 5.74) is 3.11. The molecule has 0 unspecified atom stereocenters. The molecule has 3 aliphatic carbocycles. The Morgan fingerprint density at radius 3 is 2.33 bits per heavy atom. The molecule has 0 aromatic rings. The first kappa shape index (κ1) is 7.17. The van der Waals surface area contributed by atoms with Crippen molar-refractivity contribution in [3.63, 3.8) is 0 Å². The van der Waals surface area contributed by atoms with Crippen LogP contribution in [0.4, 0.5) is 0 Å². The Morgan fingerprint density at radius 1 is 1.00 bits per heavy atom. The van der Waals surface area contributed by atoms with Crippen LogP contribution in [0.25, 0.3) is 0 Å². The first-order valence-corrected chi connectivity index (χ1v) is 5.43. The van der Waals surface area contributed by atoms with Crippen molar-refractivity contribution >= 4 is 0 Å². The van der Waals surface area contributed by atoms with Crippen LogP contribution >= 0.6 is 0 Å². The molecule has 66 valence electrons. The standard InChI is InChI=1S/C12H18/c1-10-3-2-4-11(5-6-11)9-12(10)7-8-12/h1-9H2. The number of hydrogen-bond donors (Lipinski definition) is 0. The van der Waals surface area contributed by atoms with Gasteiger partial charge in [0.25, 0.3) is 0 Å². The quantitative estimate of drug-likeness (QED) is 0.477. The van der Waals surface area contributed by atoms with Crippen molar-refractivity contribution in [3.05, 3.63) is 12.2 Å². The summed E-state index contributed by atoms with van der Waals surface area (Å²) in [5, 5.41) is 0. The molecule has 0 aromatic carbocycles. The maximum atomic E-state index is 4.28. The van der Waals surface area contributed by atoms with Crippen molar-refractivity contribution in [1.82, 2.24) is 0 Å². The van der Waals surface area contributed by atoms with Crippen LogP contribution in [0, 0.1) is 10.8 Å². The lowest BCUT2D eigenvalue weighted by Crippen LogP contribution is -2.08. The minimum Gasteiger partial charge on any atom is -0.0993 e. The van der Waals surface area contributed by atoms with Gasteiger partial charge in [-0.25, -0.2) is 0 Å². The van der Waals surface area contributed by atoms with Gasteiger partial charge in [-0.05, 0) is 62.2 Å². The van der Waals surface area contributed by atoms with Gasteiger partial charge in [0.05, 0.1) is 0 Å². The number of rotatable bonds is 0. The molecule has 0 aliphatic heterocycles. The molecule has 0 aromatic heterocycles. The fourth-order valence-electron chi connectivity index (χ4n) is 3.16. The highest BCUT2D eigenvalue weighted by Crippen LogP contribution is 2.68. The molecule has 0 amide bonds. The van der Waals surface area contributed by atoms with E-state index >= 15 is 0 Å². The fourth-order valence-corrected chi connectivity index (χ4v) is 3.16. The lowest BCUT2D eigenvalue weighted by atomic mass is 9.86. The summed E-state index contributed by atoms with van der Waals surface area (Å²) in [6, 6.07) is 0. The van der Waals surface area contributed by atoms with Crippen molar-refractivity contribution < 1.29 is 0 Å². The molecule has 0 N–H and O–H groups in total. The topological polar surface area (TPSA) is 0 Å².